The van der Waals surface area contributed by atoms with Crippen LogP contribution in [0, 0.1) is 0 Å². The van der Waals surface area contributed by atoms with Gasteiger partial charge in [-0.25, -0.2) is 0 Å². The van der Waals surface area contributed by atoms with Crippen molar-refractivity contribution < 1.29 is 0 Å². The van der Waals surface area contributed by atoms with E-state index < -0.39 is 0 Å². The van der Waals surface area contributed by atoms with Crippen molar-refractivity contribution in [1.29, 1.82) is 0 Å². The van der Waals surface area contributed by atoms with Crippen LogP contribution in [0.1, 0.15) is 38.5 Å². The Morgan fingerprint density at radius 1 is 1.10 bits per heavy atom. The van der Waals surface area contributed by atoms with Crippen LogP contribution in [0.4, 0.5) is 0 Å². The Kier molecular flexibility index (Phi) is 5.29. The van der Waals surface area contributed by atoms with Crippen LogP contribution in [0.15, 0.2) is 0 Å². The predicted octanol–water partition coefficient (Wildman–Crippen LogP) is 2.03. The van der Waals surface area contributed by atoms with Gasteiger partial charge in [0.25, 0.3) is 0 Å². The molecule has 0 spiro atoms. The van der Waals surface area contributed by atoms with Crippen molar-refractivity contribution in [3.63, 3.8) is 0 Å². The van der Waals surface area contributed by atoms with Crippen molar-refractivity contribution in [2.75, 3.05) is 51.3 Å². The van der Waals surface area contributed by atoms with E-state index in [4.69, 9.17) is 0 Å². The summed E-state index contributed by atoms with van der Waals surface area (Å²) >= 11 is 2.14. The third-order valence-corrected chi connectivity index (χ3v) is 6.80. The molecule has 2 saturated heterocycles. The van der Waals surface area contributed by atoms with Crippen molar-refractivity contribution in [2.24, 2.45) is 0 Å². The number of piperazine rings is 1. The minimum atomic E-state index is 0.489. The Labute approximate surface area is 128 Å². The van der Waals surface area contributed by atoms with Gasteiger partial charge in [-0.1, -0.05) is 12.8 Å². The number of hydrogen-bond donors (Lipinski definition) is 1. The monoisotopic (exact) mass is 297 g/mol. The number of nitrogens with zero attached hydrogens (tertiary/aromatic N) is 2. The van der Waals surface area contributed by atoms with Gasteiger partial charge in [0.1, 0.15) is 0 Å². The molecule has 1 N–H and O–H groups in total. The zero-order valence-corrected chi connectivity index (χ0v) is 13.9. The third kappa shape index (κ3) is 3.52. The van der Waals surface area contributed by atoms with E-state index in [1.807, 2.05) is 0 Å². The van der Waals surface area contributed by atoms with Gasteiger partial charge in [-0.15, -0.1) is 0 Å². The van der Waals surface area contributed by atoms with Crippen LogP contribution in [0.3, 0.4) is 0 Å². The highest BCUT2D eigenvalue weighted by Crippen LogP contribution is 2.35. The van der Waals surface area contributed by atoms with Crippen molar-refractivity contribution >= 4 is 11.8 Å². The second-order valence-corrected chi connectivity index (χ2v) is 8.17. The molecular formula is C16H31N3S. The summed E-state index contributed by atoms with van der Waals surface area (Å²) in [5.41, 5.74) is 0.489. The highest BCUT2D eigenvalue weighted by molar-refractivity contribution is 7.99. The maximum Gasteiger partial charge on any atom is 0.0335 e. The minimum absolute atomic E-state index is 0.489. The van der Waals surface area contributed by atoms with Gasteiger partial charge < -0.3 is 10.2 Å². The normalized spacial score (nSPS) is 32.5. The molecular weight excluding hydrogens is 266 g/mol. The largest absolute Gasteiger partial charge is 0.311 e. The molecule has 3 nitrogen and oxygen atoms in total. The van der Waals surface area contributed by atoms with E-state index in [0.717, 1.165) is 6.04 Å². The molecule has 1 atom stereocenters. The quantitative estimate of drug-likeness (QED) is 0.855. The Morgan fingerprint density at radius 3 is 2.50 bits per heavy atom. The predicted molar refractivity (Wildman–Crippen MR) is 88.6 cm³/mol. The fourth-order valence-corrected chi connectivity index (χ4v) is 5.26. The van der Waals surface area contributed by atoms with E-state index in [1.165, 1.54) is 82.8 Å². The lowest BCUT2D eigenvalue weighted by Gasteiger charge is -2.46. The lowest BCUT2D eigenvalue weighted by atomic mass is 9.93. The van der Waals surface area contributed by atoms with Gasteiger partial charge in [-0.3, -0.25) is 4.90 Å². The summed E-state index contributed by atoms with van der Waals surface area (Å²) < 4.78 is 0. The number of likely N-dealkylation sites (N-methyl/N-ethyl adjacent to an activating group) is 1. The summed E-state index contributed by atoms with van der Waals surface area (Å²) in [5.74, 6) is 2.71. The Bertz CT molecular complexity index is 290. The van der Waals surface area contributed by atoms with E-state index in [9.17, 15) is 0 Å². The van der Waals surface area contributed by atoms with E-state index in [1.54, 1.807) is 0 Å². The molecule has 0 aromatic heterocycles. The number of rotatable bonds is 4. The number of nitrogens with one attached hydrogen (secondary N) is 1. The van der Waals surface area contributed by atoms with E-state index in [2.05, 4.69) is 33.9 Å². The average Bonchev–Trinajstić information content (AvgIpc) is 2.97. The van der Waals surface area contributed by atoms with Crippen LogP contribution in [0.5, 0.6) is 0 Å². The second kappa shape index (κ2) is 6.99. The van der Waals surface area contributed by atoms with Crippen LogP contribution in [-0.2, 0) is 0 Å². The zero-order chi connectivity index (χ0) is 13.8. The molecule has 2 aliphatic heterocycles. The fourth-order valence-electron chi connectivity index (χ4n) is 4.15. The van der Waals surface area contributed by atoms with Gasteiger partial charge in [0, 0.05) is 50.1 Å². The smallest absolute Gasteiger partial charge is 0.0335 e. The first-order valence-electron chi connectivity index (χ1n) is 8.53. The van der Waals surface area contributed by atoms with Crippen molar-refractivity contribution in [3.05, 3.63) is 0 Å². The topological polar surface area (TPSA) is 18.5 Å². The van der Waals surface area contributed by atoms with E-state index >= 15 is 0 Å². The Balaban J connectivity index is 1.56. The second-order valence-electron chi connectivity index (χ2n) is 7.02. The summed E-state index contributed by atoms with van der Waals surface area (Å²) in [6, 6.07) is 0.777. The van der Waals surface area contributed by atoms with Crippen molar-refractivity contribution in [2.45, 2.75) is 50.1 Å². The molecule has 3 aliphatic rings. The highest BCUT2D eigenvalue weighted by Gasteiger charge is 2.40. The van der Waals surface area contributed by atoms with E-state index in [-0.39, 0.29) is 0 Å². The molecule has 1 aliphatic carbocycles. The fraction of sp³-hybridized carbons (Fsp3) is 1.00. The maximum atomic E-state index is 3.94. The van der Waals surface area contributed by atoms with Gasteiger partial charge in [0.2, 0.25) is 0 Å². The van der Waals surface area contributed by atoms with E-state index in [0.29, 0.717) is 5.54 Å². The third-order valence-electron chi connectivity index (χ3n) is 5.59. The van der Waals surface area contributed by atoms with Crippen LogP contribution in [0.25, 0.3) is 0 Å². The summed E-state index contributed by atoms with van der Waals surface area (Å²) in [6.07, 6.45) is 8.52. The molecule has 4 heteroatoms. The molecule has 0 radical (unpaired) electrons. The first-order valence-corrected chi connectivity index (χ1v) is 9.69. The van der Waals surface area contributed by atoms with Crippen LogP contribution in [0.2, 0.25) is 0 Å². The number of thioether (sulfide) groups is 1. The lowest BCUT2D eigenvalue weighted by Crippen LogP contribution is -2.60. The molecule has 0 amide bonds. The SMILES string of the molecule is CN1CCN(C2(CN[C@H]3CCCSC3)CCCC2)CC1. The summed E-state index contributed by atoms with van der Waals surface area (Å²) in [6.45, 7) is 6.29. The van der Waals surface area contributed by atoms with Crippen LogP contribution in [-0.4, -0.2) is 72.7 Å². The van der Waals surface area contributed by atoms with Gasteiger partial charge >= 0.3 is 0 Å². The molecule has 0 aromatic carbocycles. The first-order chi connectivity index (χ1) is 9.78. The summed E-state index contributed by atoms with van der Waals surface area (Å²) in [7, 11) is 2.26. The molecule has 20 heavy (non-hydrogen) atoms. The van der Waals surface area contributed by atoms with Crippen molar-refractivity contribution in [1.82, 2.24) is 15.1 Å². The first kappa shape index (κ1) is 15.1. The minimum Gasteiger partial charge on any atom is -0.311 e. The highest BCUT2D eigenvalue weighted by atomic mass is 32.2. The zero-order valence-electron chi connectivity index (χ0n) is 13.1. The standard InChI is InChI=1S/C16H31N3S/c1-18-8-10-19(11-9-18)16(6-2-3-7-16)14-17-15-5-4-12-20-13-15/h15,17H,2-14H2,1H3/t15-/m0/s1. The molecule has 3 rings (SSSR count). The molecule has 0 unspecified atom stereocenters. The maximum absolute atomic E-state index is 3.94. The molecule has 0 aromatic rings. The van der Waals surface area contributed by atoms with Gasteiger partial charge in [-0.2, -0.15) is 11.8 Å². The molecule has 0 bridgehead atoms. The molecule has 2 heterocycles. The van der Waals surface area contributed by atoms with Crippen LogP contribution >= 0.6 is 11.8 Å². The summed E-state index contributed by atoms with van der Waals surface area (Å²) in [5, 5.41) is 3.94. The summed E-state index contributed by atoms with van der Waals surface area (Å²) in [4.78, 5) is 5.30. The Morgan fingerprint density at radius 2 is 1.85 bits per heavy atom. The lowest BCUT2D eigenvalue weighted by molar-refractivity contribution is 0.0411. The average molecular weight is 298 g/mol. The van der Waals surface area contributed by atoms with Crippen LogP contribution < -0.4 is 5.32 Å². The molecule has 3 fully saturated rings. The molecule has 1 saturated carbocycles. The Hall–Kier alpha value is 0.230. The number of hydrogen-bond acceptors (Lipinski definition) is 4. The van der Waals surface area contributed by atoms with Gasteiger partial charge in [-0.05, 0) is 38.5 Å². The van der Waals surface area contributed by atoms with Gasteiger partial charge in [0.05, 0.1) is 0 Å². The molecule has 116 valence electrons. The van der Waals surface area contributed by atoms with Gasteiger partial charge in [0.15, 0.2) is 0 Å². The van der Waals surface area contributed by atoms with Crippen molar-refractivity contribution in [3.8, 4) is 0 Å².